The smallest absolute Gasteiger partial charge is 0.346 e. The van der Waals surface area contributed by atoms with Gasteiger partial charge in [-0.05, 0) is 17.7 Å². The minimum atomic E-state index is -0.918. The molecule has 3 rings (SSSR count). The number of aromatic carboxylic acids is 1. The van der Waals surface area contributed by atoms with Crippen LogP contribution in [0.2, 0.25) is 0 Å². The van der Waals surface area contributed by atoms with E-state index in [0.29, 0.717) is 10.4 Å². The molecule has 1 unspecified atom stereocenters. The molecule has 0 fully saturated rings. The highest BCUT2D eigenvalue weighted by atomic mass is 35.5. The van der Waals surface area contributed by atoms with Gasteiger partial charge in [0.05, 0.1) is 0 Å². The number of hydrogen-bond acceptors (Lipinski definition) is 3. The van der Waals surface area contributed by atoms with Gasteiger partial charge in [-0.1, -0.05) is 23.7 Å². The predicted octanol–water partition coefficient (Wildman–Crippen LogP) is 3.75. The van der Waals surface area contributed by atoms with Crippen LogP contribution in [0.25, 0.3) is 16.2 Å². The summed E-state index contributed by atoms with van der Waals surface area (Å²) >= 11 is 7.66. The van der Waals surface area contributed by atoms with Crippen molar-refractivity contribution >= 4 is 45.1 Å². The molecule has 1 aliphatic rings. The molecule has 0 radical (unpaired) electrons. The zero-order chi connectivity index (χ0) is 12.9. The molecule has 3 nitrogen and oxygen atoms in total. The molecular formula is C13H10ClNO2S. The summed E-state index contributed by atoms with van der Waals surface area (Å²) in [5, 5.41) is 10.3. The third-order valence-electron chi connectivity index (χ3n) is 3.06. The molecule has 0 aliphatic carbocycles. The van der Waals surface area contributed by atoms with E-state index in [4.69, 9.17) is 11.6 Å². The molecule has 1 aromatic heterocycles. The third-order valence-corrected chi connectivity index (χ3v) is 4.75. The number of carboxylic acids is 1. The van der Waals surface area contributed by atoms with E-state index >= 15 is 0 Å². The Morgan fingerprint density at radius 3 is 3.00 bits per heavy atom. The van der Waals surface area contributed by atoms with Gasteiger partial charge in [-0.15, -0.1) is 11.3 Å². The molecule has 5 heteroatoms. The van der Waals surface area contributed by atoms with Crippen LogP contribution in [0.4, 0.5) is 0 Å². The Labute approximate surface area is 113 Å². The summed E-state index contributed by atoms with van der Waals surface area (Å²) in [5.74, 6) is -0.918. The monoisotopic (exact) mass is 279 g/mol. The Bertz CT molecular complexity index is 677. The van der Waals surface area contributed by atoms with E-state index in [1.54, 1.807) is 0 Å². The maximum absolute atomic E-state index is 11.4. The molecule has 0 saturated heterocycles. The van der Waals surface area contributed by atoms with Crippen LogP contribution in [0, 0.1) is 0 Å². The van der Waals surface area contributed by atoms with Crippen molar-refractivity contribution in [2.24, 2.45) is 0 Å². The van der Waals surface area contributed by atoms with E-state index in [-0.39, 0.29) is 0 Å². The number of rotatable bonds is 1. The predicted molar refractivity (Wildman–Crippen MR) is 74.2 cm³/mol. The van der Waals surface area contributed by atoms with Crippen molar-refractivity contribution in [3.63, 3.8) is 0 Å². The molecule has 1 atom stereocenters. The fourth-order valence-corrected chi connectivity index (χ4v) is 3.66. The van der Waals surface area contributed by atoms with Gasteiger partial charge in [-0.3, -0.25) is 0 Å². The molecule has 1 aliphatic heterocycles. The second kappa shape index (κ2) is 4.00. The standard InChI is InChI=1S/C13H10ClNO2S/c1-15-6-5-7-3-2-4-8-9(7)10(12(15)14)11(18-8)13(16)17/h2-6,12H,1H3,(H,16,17). The number of nitrogens with zero attached hydrogens (tertiary/aromatic N) is 1. The lowest BCUT2D eigenvalue weighted by Gasteiger charge is -2.19. The van der Waals surface area contributed by atoms with E-state index in [1.807, 2.05) is 42.4 Å². The van der Waals surface area contributed by atoms with Crippen LogP contribution >= 0.6 is 22.9 Å². The van der Waals surface area contributed by atoms with Crippen molar-refractivity contribution in [3.8, 4) is 0 Å². The molecule has 0 amide bonds. The second-order valence-corrected chi connectivity index (χ2v) is 5.65. The van der Waals surface area contributed by atoms with Crippen LogP contribution in [0.5, 0.6) is 0 Å². The highest BCUT2D eigenvalue weighted by Gasteiger charge is 2.27. The second-order valence-electron chi connectivity index (χ2n) is 4.19. The summed E-state index contributed by atoms with van der Waals surface area (Å²) in [6.45, 7) is 0. The van der Waals surface area contributed by atoms with Crippen molar-refractivity contribution in [1.82, 2.24) is 4.90 Å². The fraction of sp³-hybridized carbons (Fsp3) is 0.154. The maximum Gasteiger partial charge on any atom is 0.346 e. The van der Waals surface area contributed by atoms with E-state index in [0.717, 1.165) is 15.6 Å². The molecule has 1 aromatic carbocycles. The van der Waals surface area contributed by atoms with Crippen LogP contribution in [0.15, 0.2) is 24.4 Å². The summed E-state index contributed by atoms with van der Waals surface area (Å²) in [4.78, 5) is 13.5. The van der Waals surface area contributed by atoms with E-state index in [1.165, 1.54) is 11.3 Å². The van der Waals surface area contributed by atoms with Crippen LogP contribution in [0.3, 0.4) is 0 Å². The van der Waals surface area contributed by atoms with Crippen molar-refractivity contribution in [2.45, 2.75) is 5.50 Å². The number of halogens is 1. The molecule has 1 N–H and O–H groups in total. The lowest BCUT2D eigenvalue weighted by atomic mass is 10.1. The number of hydrogen-bond donors (Lipinski definition) is 1. The summed E-state index contributed by atoms with van der Waals surface area (Å²) in [5.41, 5.74) is 1.26. The van der Waals surface area contributed by atoms with Gasteiger partial charge in [-0.2, -0.15) is 0 Å². The fourth-order valence-electron chi connectivity index (χ4n) is 2.20. The third kappa shape index (κ3) is 1.53. The first-order valence-electron chi connectivity index (χ1n) is 5.42. The highest BCUT2D eigenvalue weighted by Crippen LogP contribution is 2.42. The summed E-state index contributed by atoms with van der Waals surface area (Å²) in [6, 6.07) is 5.84. The van der Waals surface area contributed by atoms with Crippen LogP contribution < -0.4 is 0 Å². The minimum Gasteiger partial charge on any atom is -0.477 e. The van der Waals surface area contributed by atoms with Crippen molar-refractivity contribution in [2.75, 3.05) is 7.05 Å². The Balaban J connectivity index is 2.45. The first-order chi connectivity index (χ1) is 8.59. The molecule has 92 valence electrons. The number of carboxylic acid groups (broad SMARTS) is 1. The molecule has 18 heavy (non-hydrogen) atoms. The largest absolute Gasteiger partial charge is 0.477 e. The quantitative estimate of drug-likeness (QED) is 0.638. The Kier molecular flexibility index (Phi) is 2.57. The van der Waals surface area contributed by atoms with Gasteiger partial charge in [-0.25, -0.2) is 4.79 Å². The molecule has 2 aromatic rings. The van der Waals surface area contributed by atoms with Crippen molar-refractivity contribution in [1.29, 1.82) is 0 Å². The number of benzene rings is 1. The highest BCUT2D eigenvalue weighted by molar-refractivity contribution is 7.21. The van der Waals surface area contributed by atoms with E-state index < -0.39 is 11.5 Å². The number of carbonyl (C=O) groups is 1. The summed E-state index contributed by atoms with van der Waals surface area (Å²) in [7, 11) is 1.84. The SMILES string of the molecule is CN1C=Cc2cccc3sc(C(=O)O)c(c23)C1Cl. The van der Waals surface area contributed by atoms with Crippen molar-refractivity contribution < 1.29 is 9.90 Å². The molecule has 0 spiro atoms. The van der Waals surface area contributed by atoms with E-state index in [2.05, 4.69) is 0 Å². The maximum atomic E-state index is 11.4. The van der Waals surface area contributed by atoms with Crippen LogP contribution in [0.1, 0.15) is 26.3 Å². The lowest BCUT2D eigenvalue weighted by Crippen LogP contribution is -2.14. The number of thiophene rings is 1. The van der Waals surface area contributed by atoms with Crippen molar-refractivity contribution in [3.05, 3.63) is 40.4 Å². The number of alkyl halides is 1. The normalized spacial score (nSPS) is 18.1. The molecule has 2 heterocycles. The van der Waals surface area contributed by atoms with Crippen LogP contribution in [-0.4, -0.2) is 23.0 Å². The van der Waals surface area contributed by atoms with Gasteiger partial charge in [0.15, 0.2) is 0 Å². The lowest BCUT2D eigenvalue weighted by molar-refractivity contribution is 0.0700. The average Bonchev–Trinajstić information content (AvgIpc) is 2.69. The van der Waals surface area contributed by atoms with Gasteiger partial charge in [0.25, 0.3) is 0 Å². The van der Waals surface area contributed by atoms with Gasteiger partial charge >= 0.3 is 5.97 Å². The topological polar surface area (TPSA) is 40.5 Å². The minimum absolute atomic E-state index is 0.327. The van der Waals surface area contributed by atoms with Crippen LogP contribution in [-0.2, 0) is 0 Å². The molecule has 0 bridgehead atoms. The Morgan fingerprint density at radius 2 is 2.28 bits per heavy atom. The van der Waals surface area contributed by atoms with Gasteiger partial charge in [0.1, 0.15) is 10.4 Å². The summed E-state index contributed by atoms with van der Waals surface area (Å²) < 4.78 is 0.963. The molecule has 0 saturated carbocycles. The zero-order valence-corrected chi connectivity index (χ0v) is 11.1. The summed E-state index contributed by atoms with van der Waals surface area (Å²) in [6.07, 6.45) is 3.84. The van der Waals surface area contributed by atoms with E-state index in [9.17, 15) is 9.90 Å². The van der Waals surface area contributed by atoms with Gasteiger partial charge in [0.2, 0.25) is 0 Å². The first-order valence-corrected chi connectivity index (χ1v) is 6.68. The Morgan fingerprint density at radius 1 is 1.50 bits per heavy atom. The van der Waals surface area contributed by atoms with Gasteiger partial charge < -0.3 is 10.0 Å². The zero-order valence-electron chi connectivity index (χ0n) is 9.55. The average molecular weight is 280 g/mol. The Hall–Kier alpha value is -1.52. The van der Waals surface area contributed by atoms with Gasteiger partial charge in [0, 0.05) is 28.9 Å². The first kappa shape index (κ1) is 11.6. The molecular weight excluding hydrogens is 270 g/mol.